The summed E-state index contributed by atoms with van der Waals surface area (Å²) >= 11 is 1.93. The summed E-state index contributed by atoms with van der Waals surface area (Å²) in [6.45, 7) is 0. The average molecular weight is 565 g/mol. The number of hydrogen-bond donors (Lipinski definition) is 0. The molecule has 0 atom stereocenters. The van der Waals surface area contributed by atoms with Gasteiger partial charge in [-0.3, -0.25) is 0 Å². The molecule has 0 spiro atoms. The van der Waals surface area contributed by atoms with Crippen molar-refractivity contribution in [2.24, 2.45) is 0 Å². The quantitative estimate of drug-likeness (QED) is 0.187. The van der Waals surface area contributed by atoms with Crippen LogP contribution >= 0.6 is 11.3 Å². The molecule has 8 aromatic rings. The first-order valence-electron chi connectivity index (χ1n) is 15.1. The highest BCUT2D eigenvalue weighted by Gasteiger charge is 2.15. The van der Waals surface area contributed by atoms with E-state index in [9.17, 15) is 0 Å². The first kappa shape index (κ1) is 24.6. The zero-order chi connectivity index (χ0) is 28.3. The summed E-state index contributed by atoms with van der Waals surface area (Å²) in [5.74, 6) is 0. The number of hydrogen-bond acceptors (Lipinski definition) is 1. The van der Waals surface area contributed by atoms with Crippen molar-refractivity contribution in [1.29, 1.82) is 0 Å². The van der Waals surface area contributed by atoms with E-state index in [0.29, 0.717) is 0 Å². The number of benzene rings is 7. The average Bonchev–Trinajstić information content (AvgIpc) is 3.48. The third-order valence-corrected chi connectivity index (χ3v) is 10.4. The van der Waals surface area contributed by atoms with Gasteiger partial charge in [0, 0.05) is 20.2 Å². The normalized spacial score (nSPS) is 13.4. The minimum absolute atomic E-state index is 1.12. The molecule has 0 N–H and O–H groups in total. The molecule has 1 heterocycles. The molecule has 7 aromatic carbocycles. The summed E-state index contributed by atoms with van der Waals surface area (Å²) in [6, 6.07) is 47.3. The fourth-order valence-electron chi connectivity index (χ4n) is 7.04. The molecule has 1 aliphatic rings. The van der Waals surface area contributed by atoms with Gasteiger partial charge in [0.05, 0.1) is 0 Å². The van der Waals surface area contributed by atoms with E-state index in [1.54, 1.807) is 0 Å². The van der Waals surface area contributed by atoms with Crippen LogP contribution in [0, 0.1) is 0 Å². The van der Waals surface area contributed by atoms with Crippen LogP contribution in [0.3, 0.4) is 0 Å². The van der Waals surface area contributed by atoms with Crippen LogP contribution in [0.1, 0.15) is 18.4 Å². The first-order valence-corrected chi connectivity index (χ1v) is 15.9. The molecule has 202 valence electrons. The molecule has 0 saturated carbocycles. The van der Waals surface area contributed by atoms with Crippen molar-refractivity contribution in [3.05, 3.63) is 151 Å². The van der Waals surface area contributed by atoms with Gasteiger partial charge in [-0.1, -0.05) is 133 Å². The molecular formula is C42H28S. The lowest BCUT2D eigenvalue weighted by Crippen LogP contribution is -1.86. The maximum Gasteiger partial charge on any atom is 0.0434 e. The summed E-state index contributed by atoms with van der Waals surface area (Å²) in [5, 5.41) is 10.6. The fourth-order valence-corrected chi connectivity index (χ4v) is 8.41. The van der Waals surface area contributed by atoms with E-state index in [-0.39, 0.29) is 0 Å². The Balaban J connectivity index is 1.22. The Hall–Kier alpha value is -4.98. The maximum absolute atomic E-state index is 2.39. The number of thiophene rings is 1. The Bertz CT molecular complexity index is 2420. The molecule has 1 aromatic heterocycles. The third-order valence-electron chi connectivity index (χ3n) is 9.08. The van der Waals surface area contributed by atoms with Crippen LogP contribution in [-0.2, 0) is 0 Å². The lowest BCUT2D eigenvalue weighted by molar-refractivity contribution is 1.04. The number of allylic oxidation sites excluding steroid dienone is 4. The highest BCUT2D eigenvalue weighted by molar-refractivity contribution is 7.26. The summed E-state index contributed by atoms with van der Waals surface area (Å²) in [7, 11) is 0. The summed E-state index contributed by atoms with van der Waals surface area (Å²) in [5.41, 5.74) is 7.76. The predicted molar refractivity (Wildman–Crippen MR) is 189 cm³/mol. The van der Waals surface area contributed by atoms with E-state index in [1.807, 2.05) is 11.3 Å². The third kappa shape index (κ3) is 3.89. The molecule has 43 heavy (non-hydrogen) atoms. The molecule has 0 bridgehead atoms. The van der Waals surface area contributed by atoms with Crippen LogP contribution in [-0.4, -0.2) is 0 Å². The van der Waals surface area contributed by atoms with Gasteiger partial charge in [0.2, 0.25) is 0 Å². The lowest BCUT2D eigenvalue weighted by atomic mass is 9.91. The van der Waals surface area contributed by atoms with Gasteiger partial charge in [0.1, 0.15) is 0 Å². The Morgan fingerprint density at radius 3 is 1.65 bits per heavy atom. The molecule has 1 aliphatic carbocycles. The topological polar surface area (TPSA) is 0 Å². The van der Waals surface area contributed by atoms with E-state index in [1.165, 1.54) is 85.9 Å². The molecular weight excluding hydrogens is 537 g/mol. The van der Waals surface area contributed by atoms with Crippen molar-refractivity contribution < 1.29 is 0 Å². The van der Waals surface area contributed by atoms with Crippen molar-refractivity contribution in [2.45, 2.75) is 12.8 Å². The van der Waals surface area contributed by atoms with Crippen molar-refractivity contribution in [2.75, 3.05) is 0 Å². The Labute approximate surface area is 254 Å². The van der Waals surface area contributed by atoms with Gasteiger partial charge in [-0.2, -0.15) is 0 Å². The molecule has 0 amide bonds. The van der Waals surface area contributed by atoms with Crippen molar-refractivity contribution in [1.82, 2.24) is 0 Å². The van der Waals surface area contributed by atoms with E-state index < -0.39 is 0 Å². The van der Waals surface area contributed by atoms with Gasteiger partial charge in [-0.05, 0) is 90.7 Å². The highest BCUT2D eigenvalue weighted by Crippen LogP contribution is 2.44. The van der Waals surface area contributed by atoms with Crippen LogP contribution < -0.4 is 0 Å². The van der Waals surface area contributed by atoms with E-state index in [2.05, 4.69) is 146 Å². The van der Waals surface area contributed by atoms with Gasteiger partial charge >= 0.3 is 0 Å². The summed E-state index contributed by atoms with van der Waals surface area (Å²) < 4.78 is 2.74. The van der Waals surface area contributed by atoms with Gasteiger partial charge in [-0.25, -0.2) is 0 Å². The van der Waals surface area contributed by atoms with E-state index in [4.69, 9.17) is 0 Å². The largest absolute Gasteiger partial charge is 0.134 e. The van der Waals surface area contributed by atoms with Crippen LogP contribution in [0.25, 0.3) is 80.3 Å². The fraction of sp³-hybridized carbons (Fsp3) is 0.0476. The Morgan fingerprint density at radius 2 is 0.953 bits per heavy atom. The van der Waals surface area contributed by atoms with Gasteiger partial charge in [-0.15, -0.1) is 11.3 Å². The van der Waals surface area contributed by atoms with Crippen molar-refractivity contribution in [3.8, 4) is 22.3 Å². The smallest absolute Gasteiger partial charge is 0.0434 e. The number of rotatable bonds is 3. The molecule has 0 fully saturated rings. The Kier molecular flexibility index (Phi) is 5.61. The molecule has 0 radical (unpaired) electrons. The molecule has 0 unspecified atom stereocenters. The summed E-state index contributed by atoms with van der Waals surface area (Å²) in [6.07, 6.45) is 9.24. The van der Waals surface area contributed by atoms with E-state index in [0.717, 1.165) is 12.8 Å². The number of fused-ring (bicyclic) bond motifs is 9. The van der Waals surface area contributed by atoms with Crippen molar-refractivity contribution in [3.63, 3.8) is 0 Å². The first-order chi connectivity index (χ1) is 21.3. The predicted octanol–water partition coefficient (Wildman–Crippen LogP) is 12.6. The molecule has 0 aliphatic heterocycles. The lowest BCUT2D eigenvalue weighted by Gasteiger charge is -2.12. The van der Waals surface area contributed by atoms with E-state index >= 15 is 0 Å². The zero-order valence-corrected chi connectivity index (χ0v) is 24.5. The monoisotopic (exact) mass is 564 g/mol. The van der Waals surface area contributed by atoms with Gasteiger partial charge in [0.25, 0.3) is 0 Å². The van der Waals surface area contributed by atoms with Crippen LogP contribution in [0.4, 0.5) is 0 Å². The second-order valence-corrected chi connectivity index (χ2v) is 12.6. The van der Waals surface area contributed by atoms with Crippen LogP contribution in [0.15, 0.2) is 146 Å². The highest BCUT2D eigenvalue weighted by atomic mass is 32.1. The minimum atomic E-state index is 1.12. The molecule has 0 nitrogen and oxygen atoms in total. The second-order valence-electron chi connectivity index (χ2n) is 11.5. The van der Waals surface area contributed by atoms with Crippen LogP contribution in [0.5, 0.6) is 0 Å². The summed E-state index contributed by atoms with van der Waals surface area (Å²) in [4.78, 5) is 0. The standard InChI is InChI=1S/C42H28S/c1-2-11-27(12-3-1)31-19-9-21-38-39-22-10-20-32(42(39)43-41(31)38)30-14-8-13-28(25-30)29-23-24-37-35-17-5-4-15-33(35)34-16-6-7-18-36(34)40(37)26-29/h2,4-26H,1,3H2. The zero-order valence-electron chi connectivity index (χ0n) is 23.7. The van der Waals surface area contributed by atoms with Crippen LogP contribution in [0.2, 0.25) is 0 Å². The SMILES string of the molecule is C1=CC(c2cccc3c2sc2c(-c4cccc(-c5ccc6c7ccccc7c7ccccc7c6c5)c4)cccc23)=CCC1. The maximum atomic E-state index is 2.39. The minimum Gasteiger partial charge on any atom is -0.134 e. The molecule has 9 rings (SSSR count). The van der Waals surface area contributed by atoms with Crippen molar-refractivity contribution >= 4 is 69.4 Å². The molecule has 0 saturated heterocycles. The van der Waals surface area contributed by atoms with Gasteiger partial charge in [0.15, 0.2) is 0 Å². The van der Waals surface area contributed by atoms with Gasteiger partial charge < -0.3 is 0 Å². The Morgan fingerprint density at radius 1 is 0.395 bits per heavy atom. The molecule has 1 heteroatoms. The second kappa shape index (κ2) is 9.80.